The highest BCUT2D eigenvalue weighted by molar-refractivity contribution is 4.81. The molecular weight excluding hydrogens is 218 g/mol. The second kappa shape index (κ2) is 11.8. The maximum Gasteiger partial charge on any atom is 0.00970 e. The van der Waals surface area contributed by atoms with E-state index < -0.39 is 0 Å². The van der Waals surface area contributed by atoms with Gasteiger partial charge < -0.3 is 5.73 Å². The van der Waals surface area contributed by atoms with Gasteiger partial charge in [-0.25, -0.2) is 0 Å². The van der Waals surface area contributed by atoms with Crippen LogP contribution in [0.4, 0.5) is 0 Å². The van der Waals surface area contributed by atoms with Crippen molar-refractivity contribution in [3.63, 3.8) is 0 Å². The summed E-state index contributed by atoms with van der Waals surface area (Å²) in [6, 6.07) is 0. The van der Waals surface area contributed by atoms with Crippen molar-refractivity contribution in [2.75, 3.05) is 0 Å². The van der Waals surface area contributed by atoms with Gasteiger partial charge in [-0.2, -0.15) is 0 Å². The van der Waals surface area contributed by atoms with E-state index in [0.717, 1.165) is 6.42 Å². The fourth-order valence-electron chi connectivity index (χ4n) is 2.12. The monoisotopic (exact) mass is 253 g/mol. The zero-order valence-corrected chi connectivity index (χ0v) is 13.0. The first kappa shape index (κ1) is 17.7. The summed E-state index contributed by atoms with van der Waals surface area (Å²) in [4.78, 5) is 0. The van der Waals surface area contributed by atoms with Gasteiger partial charge in [-0.15, -0.1) is 0 Å². The van der Waals surface area contributed by atoms with Gasteiger partial charge in [-0.05, 0) is 46.0 Å². The summed E-state index contributed by atoms with van der Waals surface area (Å²) in [7, 11) is 0. The molecule has 0 fully saturated rings. The molecule has 0 amide bonds. The largest absolute Gasteiger partial charge is 0.326 e. The second-order valence-corrected chi connectivity index (χ2v) is 6.26. The molecule has 0 rings (SSSR count). The molecule has 0 aliphatic carbocycles. The van der Waals surface area contributed by atoms with Crippen LogP contribution in [0.3, 0.4) is 0 Å². The van der Waals surface area contributed by atoms with Gasteiger partial charge in [-0.1, -0.05) is 57.6 Å². The third-order valence-corrected chi connectivity index (χ3v) is 3.33. The Morgan fingerprint density at radius 1 is 0.778 bits per heavy atom. The first-order valence-corrected chi connectivity index (χ1v) is 8.00. The molecule has 108 valence electrons. The highest BCUT2D eigenvalue weighted by Gasteiger charge is 2.08. The molecule has 0 aromatic heterocycles. The van der Waals surface area contributed by atoms with Crippen LogP contribution in [0.15, 0.2) is 12.2 Å². The quantitative estimate of drug-likeness (QED) is 0.356. The van der Waals surface area contributed by atoms with Gasteiger partial charge in [0.2, 0.25) is 0 Å². The second-order valence-electron chi connectivity index (χ2n) is 6.26. The molecule has 0 unspecified atom stereocenters. The van der Waals surface area contributed by atoms with E-state index in [2.05, 4.69) is 32.9 Å². The van der Waals surface area contributed by atoms with Crippen LogP contribution in [-0.4, -0.2) is 5.54 Å². The average Bonchev–Trinajstić information content (AvgIpc) is 2.29. The molecule has 1 nitrogen and oxygen atoms in total. The molecule has 0 saturated carbocycles. The van der Waals surface area contributed by atoms with Crippen LogP contribution in [0.5, 0.6) is 0 Å². The number of allylic oxidation sites excluding steroid dienone is 2. The number of hydrogen-bond donors (Lipinski definition) is 1. The lowest BCUT2D eigenvalue weighted by Crippen LogP contribution is -2.31. The van der Waals surface area contributed by atoms with E-state index in [1.165, 1.54) is 64.2 Å². The normalized spacial score (nSPS) is 12.4. The van der Waals surface area contributed by atoms with Gasteiger partial charge in [0.15, 0.2) is 0 Å². The van der Waals surface area contributed by atoms with Gasteiger partial charge in [0.1, 0.15) is 0 Å². The molecule has 0 bridgehead atoms. The Hall–Kier alpha value is -0.300. The maximum atomic E-state index is 5.95. The lowest BCUT2D eigenvalue weighted by molar-refractivity contribution is 0.443. The SMILES string of the molecule is CCCCCCC=CCCCCCCC(C)(C)N. The summed E-state index contributed by atoms with van der Waals surface area (Å²) in [6.07, 6.45) is 19.3. The Balaban J connectivity index is 3.13. The molecule has 0 saturated heterocycles. The summed E-state index contributed by atoms with van der Waals surface area (Å²) in [5.41, 5.74) is 5.98. The minimum Gasteiger partial charge on any atom is -0.326 e. The summed E-state index contributed by atoms with van der Waals surface area (Å²) in [5, 5.41) is 0. The van der Waals surface area contributed by atoms with Crippen LogP contribution < -0.4 is 5.73 Å². The molecule has 1 heteroatoms. The van der Waals surface area contributed by atoms with Gasteiger partial charge in [0, 0.05) is 5.54 Å². The molecule has 0 atom stereocenters. The standard InChI is InChI=1S/C17H35N/c1-4-5-6-7-8-9-10-11-12-13-14-15-16-17(2,3)18/h9-10H,4-8,11-16,18H2,1-3H3. The smallest absolute Gasteiger partial charge is 0.00970 e. The van der Waals surface area contributed by atoms with E-state index in [9.17, 15) is 0 Å². The first-order chi connectivity index (χ1) is 8.56. The zero-order valence-electron chi connectivity index (χ0n) is 13.0. The van der Waals surface area contributed by atoms with E-state index in [0.29, 0.717) is 0 Å². The lowest BCUT2D eigenvalue weighted by atomic mass is 9.97. The van der Waals surface area contributed by atoms with Gasteiger partial charge in [0.05, 0.1) is 0 Å². The topological polar surface area (TPSA) is 26.0 Å². The van der Waals surface area contributed by atoms with E-state index in [-0.39, 0.29) is 5.54 Å². The minimum atomic E-state index is 0.0262. The van der Waals surface area contributed by atoms with Crippen molar-refractivity contribution in [2.45, 2.75) is 96.9 Å². The van der Waals surface area contributed by atoms with Crippen molar-refractivity contribution < 1.29 is 0 Å². The van der Waals surface area contributed by atoms with Crippen LogP contribution in [0.1, 0.15) is 91.4 Å². The van der Waals surface area contributed by atoms with Crippen LogP contribution in [-0.2, 0) is 0 Å². The molecule has 0 radical (unpaired) electrons. The Kier molecular flexibility index (Phi) is 11.6. The van der Waals surface area contributed by atoms with Gasteiger partial charge in [0.25, 0.3) is 0 Å². The molecule has 18 heavy (non-hydrogen) atoms. The highest BCUT2D eigenvalue weighted by atomic mass is 14.7. The van der Waals surface area contributed by atoms with Crippen molar-refractivity contribution in [3.8, 4) is 0 Å². The number of rotatable bonds is 12. The molecule has 0 heterocycles. The van der Waals surface area contributed by atoms with Crippen molar-refractivity contribution in [3.05, 3.63) is 12.2 Å². The van der Waals surface area contributed by atoms with E-state index in [1.54, 1.807) is 0 Å². The Bertz CT molecular complexity index is 188. The Morgan fingerprint density at radius 3 is 1.78 bits per heavy atom. The summed E-state index contributed by atoms with van der Waals surface area (Å²) >= 11 is 0. The molecule has 0 aliphatic heterocycles. The molecule has 2 N–H and O–H groups in total. The molecule has 0 aromatic rings. The molecular formula is C17H35N. The zero-order chi connectivity index (χ0) is 13.7. The van der Waals surface area contributed by atoms with Crippen molar-refractivity contribution in [2.24, 2.45) is 5.73 Å². The fraction of sp³-hybridized carbons (Fsp3) is 0.882. The van der Waals surface area contributed by atoms with E-state index in [1.807, 2.05) is 0 Å². The number of hydrogen-bond acceptors (Lipinski definition) is 1. The molecule has 0 spiro atoms. The van der Waals surface area contributed by atoms with Crippen LogP contribution in [0, 0.1) is 0 Å². The third-order valence-electron chi connectivity index (χ3n) is 3.33. The predicted molar refractivity (Wildman–Crippen MR) is 83.9 cm³/mol. The van der Waals surface area contributed by atoms with Crippen molar-refractivity contribution in [1.29, 1.82) is 0 Å². The van der Waals surface area contributed by atoms with Crippen LogP contribution in [0.2, 0.25) is 0 Å². The molecule has 0 aliphatic rings. The maximum absolute atomic E-state index is 5.95. The minimum absolute atomic E-state index is 0.0262. The van der Waals surface area contributed by atoms with Gasteiger partial charge >= 0.3 is 0 Å². The summed E-state index contributed by atoms with van der Waals surface area (Å²) in [6.45, 7) is 6.50. The average molecular weight is 253 g/mol. The summed E-state index contributed by atoms with van der Waals surface area (Å²) < 4.78 is 0. The number of unbranched alkanes of at least 4 members (excludes halogenated alkanes) is 8. The number of nitrogens with two attached hydrogens (primary N) is 1. The Morgan fingerprint density at radius 2 is 1.28 bits per heavy atom. The highest BCUT2D eigenvalue weighted by Crippen LogP contribution is 2.12. The Labute approximate surface area is 115 Å². The van der Waals surface area contributed by atoms with E-state index in [4.69, 9.17) is 5.73 Å². The van der Waals surface area contributed by atoms with Crippen molar-refractivity contribution in [1.82, 2.24) is 0 Å². The molecule has 0 aromatic carbocycles. The van der Waals surface area contributed by atoms with Gasteiger partial charge in [-0.3, -0.25) is 0 Å². The van der Waals surface area contributed by atoms with Crippen LogP contribution >= 0.6 is 0 Å². The lowest BCUT2D eigenvalue weighted by Gasteiger charge is -2.17. The summed E-state index contributed by atoms with van der Waals surface area (Å²) in [5.74, 6) is 0. The first-order valence-electron chi connectivity index (χ1n) is 8.00. The van der Waals surface area contributed by atoms with Crippen LogP contribution in [0.25, 0.3) is 0 Å². The van der Waals surface area contributed by atoms with E-state index >= 15 is 0 Å². The van der Waals surface area contributed by atoms with Crippen molar-refractivity contribution >= 4 is 0 Å². The third kappa shape index (κ3) is 15.7. The predicted octanol–water partition coefficient (Wildman–Crippen LogP) is 5.59. The fourth-order valence-corrected chi connectivity index (χ4v) is 2.12.